The van der Waals surface area contributed by atoms with Gasteiger partial charge in [-0.2, -0.15) is 9.40 Å². The van der Waals surface area contributed by atoms with Crippen molar-refractivity contribution in [3.8, 4) is 0 Å². The van der Waals surface area contributed by atoms with Gasteiger partial charge in [-0.05, 0) is 28.1 Å². The van der Waals surface area contributed by atoms with E-state index in [0.29, 0.717) is 18.6 Å². The summed E-state index contributed by atoms with van der Waals surface area (Å²) in [5.41, 5.74) is 0.514. The van der Waals surface area contributed by atoms with E-state index < -0.39 is 10.0 Å². The first-order valence-electron chi connectivity index (χ1n) is 7.09. The van der Waals surface area contributed by atoms with Gasteiger partial charge in [0.2, 0.25) is 10.0 Å². The molecule has 2 aromatic heterocycles. The van der Waals surface area contributed by atoms with Crippen LogP contribution < -0.4 is 0 Å². The molecule has 0 aliphatic carbocycles. The van der Waals surface area contributed by atoms with E-state index in [0.717, 1.165) is 9.86 Å². The smallest absolute Gasteiger partial charge is 0.245 e. The van der Waals surface area contributed by atoms with Crippen LogP contribution in [0, 0.1) is 0 Å². The molecule has 118 valence electrons. The summed E-state index contributed by atoms with van der Waals surface area (Å²) < 4.78 is 29.9. The standard InChI is InChI=1S/C15H13BrN4O2S/c16-12-7-18-20(8-12)13-9-19(10-13)23(21,22)14-5-1-3-11-4-2-6-17-15(11)14/h1-8,13H,9-10H2. The number of hydrogen-bond acceptors (Lipinski definition) is 4. The minimum atomic E-state index is -3.54. The van der Waals surface area contributed by atoms with E-state index >= 15 is 0 Å². The third-order valence-electron chi connectivity index (χ3n) is 3.99. The molecule has 3 aromatic rings. The molecule has 0 spiro atoms. The van der Waals surface area contributed by atoms with E-state index in [9.17, 15) is 8.42 Å². The zero-order valence-corrected chi connectivity index (χ0v) is 14.4. The van der Waals surface area contributed by atoms with Crippen molar-refractivity contribution in [3.63, 3.8) is 0 Å². The maximum atomic E-state index is 12.9. The Morgan fingerprint density at radius 1 is 1.17 bits per heavy atom. The highest BCUT2D eigenvalue weighted by atomic mass is 79.9. The SMILES string of the molecule is O=S(=O)(c1cccc2cccnc12)N1CC(n2cc(Br)cn2)C1. The molecular weight excluding hydrogens is 380 g/mol. The van der Waals surface area contributed by atoms with Gasteiger partial charge >= 0.3 is 0 Å². The Morgan fingerprint density at radius 2 is 1.96 bits per heavy atom. The zero-order valence-electron chi connectivity index (χ0n) is 12.0. The predicted molar refractivity (Wildman–Crippen MR) is 89.5 cm³/mol. The Morgan fingerprint density at radius 3 is 2.70 bits per heavy atom. The lowest BCUT2D eigenvalue weighted by Gasteiger charge is -2.38. The van der Waals surface area contributed by atoms with Crippen molar-refractivity contribution >= 4 is 36.9 Å². The molecule has 4 rings (SSSR count). The van der Waals surface area contributed by atoms with E-state index in [4.69, 9.17) is 0 Å². The van der Waals surface area contributed by atoms with Crippen molar-refractivity contribution in [1.82, 2.24) is 19.1 Å². The summed E-state index contributed by atoms with van der Waals surface area (Å²) >= 11 is 3.35. The lowest BCUT2D eigenvalue weighted by molar-refractivity contribution is 0.191. The lowest BCUT2D eigenvalue weighted by atomic mass is 10.2. The Labute approximate surface area is 141 Å². The third-order valence-corrected chi connectivity index (χ3v) is 6.26. The normalized spacial score (nSPS) is 16.6. The van der Waals surface area contributed by atoms with E-state index in [1.54, 1.807) is 35.3 Å². The van der Waals surface area contributed by atoms with Crippen molar-refractivity contribution in [2.75, 3.05) is 13.1 Å². The third kappa shape index (κ3) is 2.46. The van der Waals surface area contributed by atoms with E-state index in [-0.39, 0.29) is 10.9 Å². The van der Waals surface area contributed by atoms with E-state index in [2.05, 4.69) is 26.0 Å². The van der Waals surface area contributed by atoms with Crippen LogP contribution >= 0.6 is 15.9 Å². The molecular formula is C15H13BrN4O2S. The number of hydrogen-bond donors (Lipinski definition) is 0. The highest BCUT2D eigenvalue weighted by Crippen LogP contribution is 2.31. The second-order valence-electron chi connectivity index (χ2n) is 5.45. The molecule has 6 nitrogen and oxygen atoms in total. The first-order valence-corrected chi connectivity index (χ1v) is 9.32. The van der Waals surface area contributed by atoms with Gasteiger partial charge in [-0.3, -0.25) is 9.67 Å². The fraction of sp³-hybridized carbons (Fsp3) is 0.200. The van der Waals surface area contributed by atoms with Gasteiger partial charge in [0.05, 0.1) is 22.2 Å². The fourth-order valence-corrected chi connectivity index (χ4v) is 4.70. The summed E-state index contributed by atoms with van der Waals surface area (Å²) in [5.74, 6) is 0. The van der Waals surface area contributed by atoms with Crippen molar-refractivity contribution in [3.05, 3.63) is 53.4 Å². The van der Waals surface area contributed by atoms with Crippen LogP contribution in [0.2, 0.25) is 0 Å². The summed E-state index contributed by atoms with van der Waals surface area (Å²) in [4.78, 5) is 4.50. The van der Waals surface area contributed by atoms with Crippen LogP contribution in [0.15, 0.2) is 58.3 Å². The summed E-state index contributed by atoms with van der Waals surface area (Å²) in [6, 6.07) is 8.96. The Kier molecular flexibility index (Phi) is 3.47. The van der Waals surface area contributed by atoms with E-state index in [1.807, 2.05) is 18.3 Å². The molecule has 1 aliphatic rings. The molecule has 3 heterocycles. The van der Waals surface area contributed by atoms with Crippen LogP contribution in [0.5, 0.6) is 0 Å². The first-order chi connectivity index (χ1) is 11.1. The molecule has 0 atom stereocenters. The molecule has 1 fully saturated rings. The number of nitrogens with zero attached hydrogens (tertiary/aromatic N) is 4. The highest BCUT2D eigenvalue weighted by Gasteiger charge is 2.38. The Hall–Kier alpha value is -1.77. The van der Waals surface area contributed by atoms with Crippen molar-refractivity contribution in [1.29, 1.82) is 0 Å². The number of halogens is 1. The summed E-state index contributed by atoms with van der Waals surface area (Å²) in [6.07, 6.45) is 5.17. The fourth-order valence-electron chi connectivity index (χ4n) is 2.72. The molecule has 0 bridgehead atoms. The van der Waals surface area contributed by atoms with Gasteiger partial charge < -0.3 is 0 Å². The second kappa shape index (κ2) is 5.40. The average molecular weight is 393 g/mol. The second-order valence-corrected chi connectivity index (χ2v) is 8.27. The minimum Gasteiger partial charge on any atom is -0.266 e. The molecule has 0 saturated carbocycles. The first kappa shape index (κ1) is 14.8. The molecule has 0 radical (unpaired) electrons. The zero-order chi connectivity index (χ0) is 16.0. The summed E-state index contributed by atoms with van der Waals surface area (Å²) in [5, 5.41) is 5.03. The molecule has 8 heteroatoms. The quantitative estimate of drug-likeness (QED) is 0.686. The van der Waals surface area contributed by atoms with Gasteiger partial charge in [-0.15, -0.1) is 0 Å². The van der Waals surface area contributed by atoms with Gasteiger partial charge in [0.1, 0.15) is 4.90 Å². The van der Waals surface area contributed by atoms with Gasteiger partial charge in [-0.25, -0.2) is 8.42 Å². The van der Waals surface area contributed by atoms with Crippen LogP contribution in [0.25, 0.3) is 10.9 Å². The largest absolute Gasteiger partial charge is 0.266 e. The number of fused-ring (bicyclic) bond motifs is 1. The number of para-hydroxylation sites is 1. The van der Waals surface area contributed by atoms with Crippen molar-refractivity contribution in [2.24, 2.45) is 0 Å². The predicted octanol–water partition coefficient (Wildman–Crippen LogP) is 2.44. The number of rotatable bonds is 3. The highest BCUT2D eigenvalue weighted by molar-refractivity contribution is 9.10. The monoisotopic (exact) mass is 392 g/mol. The molecule has 0 N–H and O–H groups in total. The Bertz CT molecular complexity index is 975. The van der Waals surface area contributed by atoms with Gasteiger partial charge in [0.15, 0.2) is 0 Å². The number of pyridine rings is 1. The van der Waals surface area contributed by atoms with Crippen LogP contribution in [0.4, 0.5) is 0 Å². The minimum absolute atomic E-state index is 0.0685. The van der Waals surface area contributed by atoms with Crippen LogP contribution in [-0.4, -0.2) is 40.6 Å². The molecule has 1 saturated heterocycles. The van der Waals surface area contributed by atoms with Gasteiger partial charge in [0, 0.05) is 30.9 Å². The summed E-state index contributed by atoms with van der Waals surface area (Å²) in [6.45, 7) is 0.833. The maximum absolute atomic E-state index is 12.9. The molecule has 0 amide bonds. The van der Waals surface area contributed by atoms with Gasteiger partial charge in [-0.1, -0.05) is 18.2 Å². The lowest BCUT2D eigenvalue weighted by Crippen LogP contribution is -2.50. The average Bonchev–Trinajstić information content (AvgIpc) is 2.91. The number of aromatic nitrogens is 3. The number of sulfonamides is 1. The molecule has 1 aromatic carbocycles. The van der Waals surface area contributed by atoms with Crippen LogP contribution in [-0.2, 0) is 10.0 Å². The molecule has 23 heavy (non-hydrogen) atoms. The maximum Gasteiger partial charge on any atom is 0.245 e. The molecule has 1 aliphatic heterocycles. The van der Waals surface area contributed by atoms with Crippen molar-refractivity contribution in [2.45, 2.75) is 10.9 Å². The Balaban J connectivity index is 1.64. The van der Waals surface area contributed by atoms with Gasteiger partial charge in [0.25, 0.3) is 0 Å². The van der Waals surface area contributed by atoms with Crippen molar-refractivity contribution < 1.29 is 8.42 Å². The topological polar surface area (TPSA) is 68.1 Å². The molecule has 0 unspecified atom stereocenters. The van der Waals surface area contributed by atoms with E-state index in [1.165, 1.54) is 4.31 Å². The van der Waals surface area contributed by atoms with Crippen LogP contribution in [0.3, 0.4) is 0 Å². The van der Waals surface area contributed by atoms with Crippen LogP contribution in [0.1, 0.15) is 6.04 Å². The summed E-state index contributed by atoms with van der Waals surface area (Å²) in [7, 11) is -3.54. The number of benzene rings is 1.